The fraction of sp³-hybridized carbons (Fsp3) is 0.261. The number of carbonyl (C=O) groups is 1. The fourth-order valence-corrected chi connectivity index (χ4v) is 5.23. The third kappa shape index (κ3) is 3.85. The molecule has 5 nitrogen and oxygen atoms in total. The number of aryl methyl sites for hydroxylation is 1. The number of hydrogen-bond donors (Lipinski definition) is 1. The Bertz CT molecular complexity index is 1150. The largest absolute Gasteiger partial charge is 0.331 e. The third-order valence-corrected chi connectivity index (χ3v) is 7.09. The van der Waals surface area contributed by atoms with Crippen LogP contribution < -0.4 is 5.32 Å². The van der Waals surface area contributed by atoms with Crippen molar-refractivity contribution >= 4 is 21.6 Å². The maximum absolute atomic E-state index is 13.5. The summed E-state index contributed by atoms with van der Waals surface area (Å²) in [5.74, 6) is 0.0152. The van der Waals surface area contributed by atoms with E-state index in [1.54, 1.807) is 49.4 Å². The molecule has 0 spiro atoms. The number of anilines is 1. The second-order valence-corrected chi connectivity index (χ2v) is 9.01. The van der Waals surface area contributed by atoms with Crippen LogP contribution >= 0.6 is 0 Å². The molecule has 0 aliphatic carbocycles. The summed E-state index contributed by atoms with van der Waals surface area (Å²) in [4.78, 5) is 13.4. The Labute approximate surface area is 172 Å². The number of nitrogens with zero attached hydrogens (tertiary/aromatic N) is 1. The minimum Gasteiger partial charge on any atom is -0.331 e. The van der Waals surface area contributed by atoms with Crippen LogP contribution in [0.15, 0.2) is 64.4 Å². The van der Waals surface area contributed by atoms with E-state index in [0.717, 1.165) is 17.7 Å². The van der Waals surface area contributed by atoms with Crippen molar-refractivity contribution in [1.82, 2.24) is 4.57 Å². The minimum absolute atomic E-state index is 0.164. The van der Waals surface area contributed by atoms with Crippen LogP contribution in [0.3, 0.4) is 0 Å². The van der Waals surface area contributed by atoms with E-state index in [-0.39, 0.29) is 15.7 Å². The molecule has 6 heteroatoms. The van der Waals surface area contributed by atoms with Crippen molar-refractivity contribution in [3.8, 4) is 0 Å². The predicted octanol–water partition coefficient (Wildman–Crippen LogP) is 4.91. The molecule has 0 saturated carbocycles. The van der Waals surface area contributed by atoms with Crippen LogP contribution in [-0.4, -0.2) is 18.9 Å². The van der Waals surface area contributed by atoms with Gasteiger partial charge in [0.15, 0.2) is 0 Å². The van der Waals surface area contributed by atoms with Crippen LogP contribution in [0.25, 0.3) is 0 Å². The number of sulfone groups is 1. The van der Waals surface area contributed by atoms with Crippen molar-refractivity contribution in [3.05, 3.63) is 77.0 Å². The molecule has 1 amide bonds. The van der Waals surface area contributed by atoms with Crippen molar-refractivity contribution < 1.29 is 13.2 Å². The Hall–Kier alpha value is -2.86. The molecule has 1 aromatic heterocycles. The summed E-state index contributed by atoms with van der Waals surface area (Å²) in [6.07, 6.45) is 0.813. The van der Waals surface area contributed by atoms with E-state index in [0.29, 0.717) is 23.5 Å². The van der Waals surface area contributed by atoms with Gasteiger partial charge in [0.2, 0.25) is 9.84 Å². The van der Waals surface area contributed by atoms with Crippen LogP contribution in [0, 0.1) is 20.8 Å². The van der Waals surface area contributed by atoms with Crippen molar-refractivity contribution in [2.75, 3.05) is 5.32 Å². The maximum atomic E-state index is 13.5. The van der Waals surface area contributed by atoms with Gasteiger partial charge in [-0.25, -0.2) is 8.42 Å². The standard InChI is InChI=1S/C23H26N2O3S/c1-5-15-25-18(4)17(3)21(29(27,28)19-12-7-6-8-13-19)22(25)24-23(26)20-14-10-9-11-16(20)2/h6-14H,5,15H2,1-4H3,(H,24,26). The van der Waals surface area contributed by atoms with Gasteiger partial charge in [-0.3, -0.25) is 4.79 Å². The first kappa shape index (κ1) is 20.9. The van der Waals surface area contributed by atoms with Crippen LogP contribution in [0.5, 0.6) is 0 Å². The van der Waals surface area contributed by atoms with Crippen LogP contribution in [-0.2, 0) is 16.4 Å². The van der Waals surface area contributed by atoms with Gasteiger partial charge in [-0.05, 0) is 56.5 Å². The van der Waals surface area contributed by atoms with E-state index >= 15 is 0 Å². The Morgan fingerprint density at radius 3 is 2.21 bits per heavy atom. The van der Waals surface area contributed by atoms with Crippen LogP contribution in [0.1, 0.15) is 40.5 Å². The molecule has 0 aliphatic rings. The molecule has 1 N–H and O–H groups in total. The average Bonchev–Trinajstić information content (AvgIpc) is 2.94. The Balaban J connectivity index is 2.19. The van der Waals surface area contributed by atoms with Gasteiger partial charge in [-0.2, -0.15) is 0 Å². The van der Waals surface area contributed by atoms with E-state index in [1.807, 2.05) is 37.5 Å². The van der Waals surface area contributed by atoms with E-state index in [2.05, 4.69) is 5.32 Å². The van der Waals surface area contributed by atoms with Gasteiger partial charge in [0.25, 0.3) is 5.91 Å². The lowest BCUT2D eigenvalue weighted by Crippen LogP contribution is -2.19. The normalized spacial score (nSPS) is 11.4. The lowest BCUT2D eigenvalue weighted by atomic mass is 10.1. The molecule has 2 aromatic carbocycles. The molecular formula is C23H26N2O3S. The van der Waals surface area contributed by atoms with Gasteiger partial charge >= 0.3 is 0 Å². The zero-order chi connectivity index (χ0) is 21.2. The van der Waals surface area contributed by atoms with Gasteiger partial charge in [0, 0.05) is 17.8 Å². The van der Waals surface area contributed by atoms with Gasteiger partial charge < -0.3 is 9.88 Å². The highest BCUT2D eigenvalue weighted by Crippen LogP contribution is 2.35. The first-order chi connectivity index (χ1) is 13.8. The molecule has 0 radical (unpaired) electrons. The fourth-order valence-electron chi connectivity index (χ4n) is 3.51. The number of nitrogens with one attached hydrogen (secondary N) is 1. The minimum atomic E-state index is -3.79. The predicted molar refractivity (Wildman–Crippen MR) is 115 cm³/mol. The second-order valence-electron chi connectivity index (χ2n) is 7.13. The summed E-state index contributed by atoms with van der Waals surface area (Å²) >= 11 is 0. The van der Waals surface area contributed by atoms with Crippen LogP contribution in [0.4, 0.5) is 5.82 Å². The third-order valence-electron chi connectivity index (χ3n) is 5.16. The molecule has 29 heavy (non-hydrogen) atoms. The van der Waals surface area contributed by atoms with Crippen molar-refractivity contribution in [1.29, 1.82) is 0 Å². The number of amides is 1. The highest BCUT2D eigenvalue weighted by atomic mass is 32.2. The second kappa shape index (κ2) is 8.25. The number of aromatic nitrogens is 1. The summed E-state index contributed by atoms with van der Waals surface area (Å²) in [5.41, 5.74) is 2.85. The highest BCUT2D eigenvalue weighted by Gasteiger charge is 2.30. The molecule has 0 saturated heterocycles. The molecule has 0 unspecified atom stereocenters. The van der Waals surface area contributed by atoms with E-state index < -0.39 is 9.84 Å². The Morgan fingerprint density at radius 2 is 1.59 bits per heavy atom. The summed E-state index contributed by atoms with van der Waals surface area (Å²) in [6.45, 7) is 8.17. The number of benzene rings is 2. The summed E-state index contributed by atoms with van der Waals surface area (Å²) in [7, 11) is -3.79. The smallest absolute Gasteiger partial charge is 0.257 e. The quantitative estimate of drug-likeness (QED) is 0.628. The molecule has 0 fully saturated rings. The summed E-state index contributed by atoms with van der Waals surface area (Å²) in [5, 5.41) is 2.90. The van der Waals surface area contributed by atoms with Gasteiger partial charge in [0.1, 0.15) is 10.7 Å². The number of rotatable bonds is 6. The lowest BCUT2D eigenvalue weighted by Gasteiger charge is -2.14. The first-order valence-corrected chi connectivity index (χ1v) is 11.1. The van der Waals surface area contributed by atoms with Gasteiger partial charge in [-0.1, -0.05) is 43.3 Å². The van der Waals surface area contributed by atoms with E-state index in [1.165, 1.54) is 0 Å². The van der Waals surface area contributed by atoms with Gasteiger partial charge in [0.05, 0.1) is 4.90 Å². The first-order valence-electron chi connectivity index (χ1n) is 9.65. The molecule has 1 heterocycles. The van der Waals surface area contributed by atoms with Crippen molar-refractivity contribution in [3.63, 3.8) is 0 Å². The number of hydrogen-bond acceptors (Lipinski definition) is 3. The molecule has 0 atom stereocenters. The Morgan fingerprint density at radius 1 is 0.966 bits per heavy atom. The van der Waals surface area contributed by atoms with E-state index in [9.17, 15) is 13.2 Å². The molecule has 3 aromatic rings. The summed E-state index contributed by atoms with van der Waals surface area (Å²) < 4.78 is 28.8. The molecule has 3 rings (SSSR count). The van der Waals surface area contributed by atoms with Crippen molar-refractivity contribution in [2.24, 2.45) is 0 Å². The molecule has 152 valence electrons. The molecule has 0 aliphatic heterocycles. The van der Waals surface area contributed by atoms with Crippen molar-refractivity contribution in [2.45, 2.75) is 50.5 Å². The number of carbonyl (C=O) groups excluding carboxylic acids is 1. The van der Waals surface area contributed by atoms with Gasteiger partial charge in [-0.15, -0.1) is 0 Å². The monoisotopic (exact) mass is 410 g/mol. The lowest BCUT2D eigenvalue weighted by molar-refractivity contribution is 0.102. The SMILES string of the molecule is CCCn1c(C)c(C)c(S(=O)(=O)c2ccccc2)c1NC(=O)c1ccccc1C. The maximum Gasteiger partial charge on any atom is 0.257 e. The topological polar surface area (TPSA) is 68.2 Å². The van der Waals surface area contributed by atoms with Crippen LogP contribution in [0.2, 0.25) is 0 Å². The average molecular weight is 411 g/mol. The van der Waals surface area contributed by atoms with E-state index in [4.69, 9.17) is 0 Å². The zero-order valence-corrected chi connectivity index (χ0v) is 18.0. The molecular weight excluding hydrogens is 384 g/mol. The molecule has 0 bridgehead atoms. The Kier molecular flexibility index (Phi) is 5.94. The zero-order valence-electron chi connectivity index (χ0n) is 17.2. The highest BCUT2D eigenvalue weighted by molar-refractivity contribution is 7.91. The summed E-state index contributed by atoms with van der Waals surface area (Å²) in [6, 6.07) is 15.6.